The Hall–Kier alpha value is -3.60. The first kappa shape index (κ1) is 21.7. The maximum Gasteiger partial charge on any atom is 0.261 e. The molecule has 2 aromatic rings. The number of nitrogens with one attached hydrogen (secondary N) is 2. The number of carboxylic acids is 3. The van der Waals surface area contributed by atoms with Gasteiger partial charge in [-0.2, -0.15) is 0 Å². The zero-order valence-corrected chi connectivity index (χ0v) is 15.7. The number of aliphatic carboxylic acids is 1. The van der Waals surface area contributed by atoms with Crippen molar-refractivity contribution in [2.24, 2.45) is 0 Å². The average Bonchev–Trinajstić information content (AvgIpc) is 2.64. The quantitative estimate of drug-likeness (QED) is 0.418. The molecule has 0 bridgehead atoms. The van der Waals surface area contributed by atoms with Crippen LogP contribution in [-0.2, 0) is 14.8 Å². The fraction of sp³-hybridized carbons (Fsp3) is 0.167. The Kier molecular flexibility index (Phi) is 6.78. The molecule has 0 aliphatic rings. The molecule has 2 N–H and O–H groups in total. The van der Waals surface area contributed by atoms with Crippen LogP contribution in [0.15, 0.2) is 47.4 Å². The lowest BCUT2D eigenvalue weighted by Gasteiger charge is -2.16. The minimum Gasteiger partial charge on any atom is -0.550 e. The summed E-state index contributed by atoms with van der Waals surface area (Å²) in [6, 6.07) is 8.31. The van der Waals surface area contributed by atoms with Crippen LogP contribution in [0.25, 0.3) is 0 Å². The van der Waals surface area contributed by atoms with Crippen molar-refractivity contribution in [2.45, 2.75) is 17.7 Å². The average molecular weight is 419 g/mol. The van der Waals surface area contributed by atoms with Crippen LogP contribution in [0.4, 0.5) is 11.4 Å². The molecule has 0 saturated heterocycles. The van der Waals surface area contributed by atoms with Crippen molar-refractivity contribution in [2.75, 3.05) is 16.6 Å². The number of anilines is 2. The van der Waals surface area contributed by atoms with Gasteiger partial charge in [0.05, 0.1) is 22.5 Å². The molecule has 154 valence electrons. The Morgan fingerprint density at radius 3 is 2.14 bits per heavy atom. The summed E-state index contributed by atoms with van der Waals surface area (Å²) in [5, 5.41) is 35.6. The molecule has 0 unspecified atom stereocenters. The van der Waals surface area contributed by atoms with Crippen molar-refractivity contribution in [1.29, 1.82) is 0 Å². The van der Waals surface area contributed by atoms with E-state index in [9.17, 15) is 38.1 Å². The first-order valence-corrected chi connectivity index (χ1v) is 9.72. The smallest absolute Gasteiger partial charge is 0.261 e. The number of hydrogen-bond acceptors (Lipinski definition) is 9. The molecule has 0 atom stereocenters. The van der Waals surface area contributed by atoms with Gasteiger partial charge in [-0.3, -0.25) is 4.72 Å². The molecule has 10 nitrogen and oxygen atoms in total. The van der Waals surface area contributed by atoms with Gasteiger partial charge in [-0.15, -0.1) is 0 Å². The van der Waals surface area contributed by atoms with E-state index in [0.29, 0.717) is 0 Å². The third-order valence-electron chi connectivity index (χ3n) is 3.79. The predicted molar refractivity (Wildman–Crippen MR) is 95.1 cm³/mol. The SMILES string of the molecule is O=C([O-])CCCNc1ccc(S(=O)(=O)Nc2ccccc2C(=O)[O-])cc1C(=O)[O-]. The summed E-state index contributed by atoms with van der Waals surface area (Å²) < 4.78 is 27.2. The van der Waals surface area contributed by atoms with E-state index < -0.39 is 38.4 Å². The number of carbonyl (C=O) groups excluding carboxylic acids is 3. The maximum absolute atomic E-state index is 12.6. The number of hydrogen-bond donors (Lipinski definition) is 2. The van der Waals surface area contributed by atoms with Gasteiger partial charge in [-0.05, 0) is 37.1 Å². The zero-order valence-electron chi connectivity index (χ0n) is 14.8. The molecular weight excluding hydrogens is 404 g/mol. The van der Waals surface area contributed by atoms with Gasteiger partial charge >= 0.3 is 0 Å². The summed E-state index contributed by atoms with van der Waals surface area (Å²) in [7, 11) is -4.32. The molecule has 0 heterocycles. The van der Waals surface area contributed by atoms with Gasteiger partial charge in [0.2, 0.25) is 0 Å². The van der Waals surface area contributed by atoms with E-state index in [-0.39, 0.29) is 36.3 Å². The molecule has 0 aromatic heterocycles. The van der Waals surface area contributed by atoms with E-state index in [2.05, 4.69) is 10.0 Å². The molecule has 0 aliphatic heterocycles. The molecule has 0 radical (unpaired) electrons. The molecule has 29 heavy (non-hydrogen) atoms. The van der Waals surface area contributed by atoms with E-state index in [0.717, 1.165) is 18.2 Å². The summed E-state index contributed by atoms with van der Waals surface area (Å²) in [6.07, 6.45) is -0.0711. The predicted octanol–water partition coefficient (Wildman–Crippen LogP) is -1.84. The van der Waals surface area contributed by atoms with E-state index in [1.54, 1.807) is 0 Å². The highest BCUT2D eigenvalue weighted by atomic mass is 32.2. The Morgan fingerprint density at radius 1 is 0.862 bits per heavy atom. The van der Waals surface area contributed by atoms with Crippen LogP contribution in [0.2, 0.25) is 0 Å². The summed E-state index contributed by atoms with van der Waals surface area (Å²) in [4.78, 5) is 32.5. The maximum atomic E-state index is 12.6. The Bertz CT molecular complexity index is 1050. The van der Waals surface area contributed by atoms with Gasteiger partial charge < -0.3 is 35.0 Å². The largest absolute Gasteiger partial charge is 0.550 e. The molecule has 0 amide bonds. The second-order valence-corrected chi connectivity index (χ2v) is 7.52. The van der Waals surface area contributed by atoms with Gasteiger partial charge in [0.25, 0.3) is 10.0 Å². The number of rotatable bonds is 10. The first-order chi connectivity index (χ1) is 13.6. The Morgan fingerprint density at radius 2 is 1.52 bits per heavy atom. The fourth-order valence-electron chi connectivity index (χ4n) is 2.42. The van der Waals surface area contributed by atoms with Gasteiger partial charge in [-0.1, -0.05) is 18.2 Å². The fourth-order valence-corrected chi connectivity index (χ4v) is 3.53. The molecule has 0 saturated carbocycles. The van der Waals surface area contributed by atoms with Crippen LogP contribution >= 0.6 is 0 Å². The van der Waals surface area contributed by atoms with E-state index >= 15 is 0 Å². The van der Waals surface area contributed by atoms with E-state index in [1.165, 1.54) is 24.3 Å². The minimum atomic E-state index is -4.32. The monoisotopic (exact) mass is 419 g/mol. The highest BCUT2D eigenvalue weighted by Crippen LogP contribution is 2.24. The van der Waals surface area contributed by atoms with Crippen molar-refractivity contribution < 1.29 is 38.1 Å². The number of benzene rings is 2. The highest BCUT2D eigenvalue weighted by Gasteiger charge is 2.18. The number of sulfonamides is 1. The molecule has 0 fully saturated rings. The Balaban J connectivity index is 2.29. The lowest BCUT2D eigenvalue weighted by molar-refractivity contribution is -0.305. The van der Waals surface area contributed by atoms with E-state index in [1.807, 2.05) is 0 Å². The molecule has 2 aromatic carbocycles. The summed E-state index contributed by atoms with van der Waals surface area (Å²) in [5.41, 5.74) is -1.05. The lowest BCUT2D eigenvalue weighted by Crippen LogP contribution is -2.26. The second kappa shape index (κ2) is 9.06. The lowest BCUT2D eigenvalue weighted by atomic mass is 10.1. The number of carbonyl (C=O) groups is 3. The van der Waals surface area contributed by atoms with Crippen LogP contribution in [0.3, 0.4) is 0 Å². The minimum absolute atomic E-state index is 0.0393. The van der Waals surface area contributed by atoms with Crippen LogP contribution < -0.4 is 25.4 Å². The van der Waals surface area contributed by atoms with Crippen molar-refractivity contribution in [1.82, 2.24) is 0 Å². The normalized spacial score (nSPS) is 10.9. The highest BCUT2D eigenvalue weighted by molar-refractivity contribution is 7.92. The van der Waals surface area contributed by atoms with Gasteiger partial charge in [0.1, 0.15) is 0 Å². The molecule has 11 heteroatoms. The molecule has 2 rings (SSSR count). The van der Waals surface area contributed by atoms with Crippen LogP contribution in [-0.4, -0.2) is 32.9 Å². The topological polar surface area (TPSA) is 179 Å². The van der Waals surface area contributed by atoms with E-state index in [4.69, 9.17) is 0 Å². The molecule has 0 aliphatic carbocycles. The van der Waals surface area contributed by atoms with Gasteiger partial charge in [-0.25, -0.2) is 8.42 Å². The van der Waals surface area contributed by atoms with Crippen molar-refractivity contribution >= 4 is 39.3 Å². The second-order valence-electron chi connectivity index (χ2n) is 5.84. The van der Waals surface area contributed by atoms with Crippen LogP contribution in [0, 0.1) is 0 Å². The number of para-hydroxylation sites is 1. The first-order valence-electron chi connectivity index (χ1n) is 8.24. The third kappa shape index (κ3) is 5.69. The van der Waals surface area contributed by atoms with Crippen molar-refractivity contribution in [3.05, 3.63) is 53.6 Å². The zero-order chi connectivity index (χ0) is 21.6. The molecule has 0 spiro atoms. The van der Waals surface area contributed by atoms with Gasteiger partial charge in [0.15, 0.2) is 0 Å². The van der Waals surface area contributed by atoms with Gasteiger partial charge in [0, 0.05) is 29.3 Å². The summed E-state index contributed by atoms with van der Waals surface area (Å²) >= 11 is 0. The number of carboxylic acid groups (broad SMARTS) is 3. The number of aromatic carboxylic acids is 2. The van der Waals surface area contributed by atoms with Crippen molar-refractivity contribution in [3.8, 4) is 0 Å². The standard InChI is InChI=1S/C18H18N2O8S/c21-16(22)6-3-9-19-14-8-7-11(10-13(14)18(25)26)29(27,28)20-15-5-2-1-4-12(15)17(23)24/h1-2,4-5,7-8,10,19-20H,3,6,9H2,(H,21,22)(H,23,24)(H,25,26)/p-3. The summed E-state index contributed by atoms with van der Waals surface area (Å²) in [5.74, 6) is -4.49. The van der Waals surface area contributed by atoms with Crippen LogP contribution in [0.1, 0.15) is 33.6 Å². The third-order valence-corrected chi connectivity index (χ3v) is 5.15. The van der Waals surface area contributed by atoms with Crippen molar-refractivity contribution in [3.63, 3.8) is 0 Å². The van der Waals surface area contributed by atoms with Crippen LogP contribution in [0.5, 0.6) is 0 Å². The Labute approximate surface area is 165 Å². The summed E-state index contributed by atoms with van der Waals surface area (Å²) in [6.45, 7) is 0.109. The molecular formula is C18H15N2O8S-3.